The highest BCUT2D eigenvalue weighted by Gasteiger charge is 2.49. The van der Waals surface area contributed by atoms with Gasteiger partial charge in [-0.2, -0.15) is 8.42 Å². The highest BCUT2D eigenvalue weighted by molar-refractivity contribution is 14.1. The van der Waals surface area contributed by atoms with Crippen molar-refractivity contribution in [3.05, 3.63) is 74.1 Å². The lowest BCUT2D eigenvalue weighted by Gasteiger charge is -2.49. The summed E-state index contributed by atoms with van der Waals surface area (Å²) >= 11 is 2.05. The molecule has 0 N–H and O–H groups in total. The van der Waals surface area contributed by atoms with Crippen molar-refractivity contribution in [1.29, 1.82) is 0 Å². The van der Waals surface area contributed by atoms with Gasteiger partial charge in [0.2, 0.25) is 0 Å². The quantitative estimate of drug-likeness (QED) is 0.205. The summed E-state index contributed by atoms with van der Waals surface area (Å²) in [6, 6.07) is 11.5. The van der Waals surface area contributed by atoms with E-state index in [1.165, 1.54) is 12.1 Å². The summed E-state index contributed by atoms with van der Waals surface area (Å²) in [7, 11) is -2.49. The molecule has 44 heavy (non-hydrogen) atoms. The lowest BCUT2D eigenvalue weighted by Crippen LogP contribution is -2.45. The third kappa shape index (κ3) is 6.35. The molecule has 0 atom stereocenters. The van der Waals surface area contributed by atoms with Crippen LogP contribution in [0.4, 0.5) is 0 Å². The van der Waals surface area contributed by atoms with Gasteiger partial charge in [0.05, 0.1) is 16.8 Å². The van der Waals surface area contributed by atoms with E-state index in [1.807, 2.05) is 35.6 Å². The van der Waals surface area contributed by atoms with Crippen LogP contribution in [0.1, 0.15) is 71.8 Å². The van der Waals surface area contributed by atoms with Gasteiger partial charge < -0.3 is 18.6 Å². The summed E-state index contributed by atoms with van der Waals surface area (Å²) in [5, 5.41) is 0. The first-order valence-electron chi connectivity index (χ1n) is 14.9. The van der Waals surface area contributed by atoms with E-state index < -0.39 is 16.0 Å². The molecular formula is C34H40INO7S. The van der Waals surface area contributed by atoms with Gasteiger partial charge in [0, 0.05) is 55.0 Å². The number of rotatable bonds is 9. The number of ketones is 2. The molecule has 236 valence electrons. The molecule has 3 aliphatic rings. The molecule has 10 heteroatoms. The summed E-state index contributed by atoms with van der Waals surface area (Å²) in [5.74, 6) is -0.237. The average molecular weight is 734 g/mol. The van der Waals surface area contributed by atoms with Crippen LogP contribution in [0.3, 0.4) is 0 Å². The fourth-order valence-corrected chi connectivity index (χ4v) is 8.54. The number of carbonyl (C=O) groups excluding carboxylic acids is 2. The fraction of sp³-hybridized carbons (Fsp3) is 0.471. The molecule has 0 saturated heterocycles. The molecule has 0 unspecified atom stereocenters. The van der Waals surface area contributed by atoms with Crippen molar-refractivity contribution < 1.29 is 31.7 Å². The van der Waals surface area contributed by atoms with Crippen molar-refractivity contribution in [2.45, 2.75) is 71.1 Å². The number of allylic oxidation sites excluding steroid dienone is 4. The van der Waals surface area contributed by atoms with Gasteiger partial charge in [-0.1, -0.05) is 45.9 Å². The molecule has 1 aliphatic heterocycles. The molecule has 1 heterocycles. The normalized spacial score (nSPS) is 20.0. The van der Waals surface area contributed by atoms with Crippen molar-refractivity contribution >= 4 is 44.3 Å². The highest BCUT2D eigenvalue weighted by atomic mass is 127. The van der Waals surface area contributed by atoms with Crippen LogP contribution in [0.2, 0.25) is 0 Å². The minimum absolute atomic E-state index is 0.0211. The molecule has 0 fully saturated rings. The van der Waals surface area contributed by atoms with Gasteiger partial charge in [-0.15, -0.1) is 0 Å². The van der Waals surface area contributed by atoms with Crippen LogP contribution in [0.25, 0.3) is 0 Å². The first-order valence-corrected chi connectivity index (χ1v) is 17.4. The Hall–Kier alpha value is -2.70. The zero-order valence-electron chi connectivity index (χ0n) is 26.2. The van der Waals surface area contributed by atoms with Crippen LogP contribution in [-0.2, 0) is 24.4 Å². The van der Waals surface area contributed by atoms with E-state index in [9.17, 15) is 18.0 Å². The first kappa shape index (κ1) is 32.7. The maximum Gasteiger partial charge on any atom is 0.339 e. The number of Topliss-reactive ketones (excluding diaryl/α,β-unsaturated/α-hetero) is 2. The zero-order chi connectivity index (χ0) is 32.0. The topological polar surface area (TPSA) is 99.2 Å². The number of nitrogens with zero attached hydrogens (tertiary/aromatic N) is 1. The number of methoxy groups -OCH3 is 1. The Kier molecular flexibility index (Phi) is 9.10. The summed E-state index contributed by atoms with van der Waals surface area (Å²) in [4.78, 5) is 30.4. The minimum Gasteiger partial charge on any atom is -0.490 e. The van der Waals surface area contributed by atoms with Gasteiger partial charge in [0.25, 0.3) is 0 Å². The molecule has 0 radical (unpaired) electrons. The molecule has 2 aromatic carbocycles. The van der Waals surface area contributed by atoms with Gasteiger partial charge >= 0.3 is 10.1 Å². The molecule has 0 aromatic heterocycles. The van der Waals surface area contributed by atoms with Crippen LogP contribution in [0.15, 0.2) is 69.9 Å². The lowest BCUT2D eigenvalue weighted by molar-refractivity contribution is -0.119. The summed E-state index contributed by atoms with van der Waals surface area (Å²) < 4.78 is 44.0. The summed E-state index contributed by atoms with van der Waals surface area (Å²) in [6.07, 6.45) is 2.11. The fourth-order valence-electron chi connectivity index (χ4n) is 6.68. The van der Waals surface area contributed by atoms with Gasteiger partial charge in [0.1, 0.15) is 4.90 Å². The number of carbonyl (C=O) groups is 2. The van der Waals surface area contributed by atoms with Crippen LogP contribution >= 0.6 is 22.6 Å². The molecule has 0 bridgehead atoms. The Balaban J connectivity index is 1.72. The predicted octanol–water partition coefficient (Wildman–Crippen LogP) is 6.79. The smallest absolute Gasteiger partial charge is 0.339 e. The van der Waals surface area contributed by atoms with E-state index in [0.29, 0.717) is 59.1 Å². The maximum absolute atomic E-state index is 14.1. The van der Waals surface area contributed by atoms with Crippen molar-refractivity contribution in [2.75, 3.05) is 26.9 Å². The van der Waals surface area contributed by atoms with Crippen LogP contribution in [-0.4, -0.2) is 51.8 Å². The van der Waals surface area contributed by atoms with E-state index in [1.54, 1.807) is 31.4 Å². The van der Waals surface area contributed by atoms with E-state index in [-0.39, 0.29) is 45.4 Å². The molecular weight excluding hydrogens is 693 g/mol. The van der Waals surface area contributed by atoms with Gasteiger partial charge in [-0.3, -0.25) is 9.59 Å². The molecule has 8 nitrogen and oxygen atoms in total. The molecule has 0 amide bonds. The largest absolute Gasteiger partial charge is 0.490 e. The van der Waals surface area contributed by atoms with E-state index in [2.05, 4.69) is 32.6 Å². The zero-order valence-corrected chi connectivity index (χ0v) is 29.1. The van der Waals surface area contributed by atoms with Gasteiger partial charge in [-0.05, 0) is 83.0 Å². The number of halogens is 1. The van der Waals surface area contributed by atoms with E-state index >= 15 is 0 Å². The maximum atomic E-state index is 14.1. The molecule has 5 rings (SSSR count). The summed E-state index contributed by atoms with van der Waals surface area (Å²) in [5.41, 5.74) is 3.37. The number of ether oxygens (including phenoxy) is 2. The second-order valence-electron chi connectivity index (χ2n) is 13.3. The van der Waals surface area contributed by atoms with Crippen molar-refractivity contribution in [2.24, 2.45) is 10.8 Å². The second kappa shape index (κ2) is 12.2. The van der Waals surface area contributed by atoms with Crippen molar-refractivity contribution in [3.8, 4) is 11.5 Å². The molecule has 2 aromatic rings. The van der Waals surface area contributed by atoms with Crippen molar-refractivity contribution in [3.63, 3.8) is 0 Å². The van der Waals surface area contributed by atoms with Gasteiger partial charge in [0.15, 0.2) is 23.1 Å². The summed E-state index contributed by atoms with van der Waals surface area (Å²) in [6.45, 7) is 11.5. The minimum atomic E-state index is -4.14. The predicted molar refractivity (Wildman–Crippen MR) is 176 cm³/mol. The molecule has 0 spiro atoms. The average Bonchev–Trinajstić information content (AvgIpc) is 2.92. The SMILES string of the molecule is CCOc1cc(C2C3=C(CC(C)(C)CC3=O)N(CCOC)C3=C2C(=O)CC(C)(C)C3)cc(I)c1OS(=O)(=O)c1ccccc1. The van der Waals surface area contributed by atoms with Crippen LogP contribution in [0.5, 0.6) is 11.5 Å². The van der Waals surface area contributed by atoms with E-state index in [0.717, 1.165) is 11.4 Å². The van der Waals surface area contributed by atoms with Crippen molar-refractivity contribution in [1.82, 2.24) is 4.90 Å². The second-order valence-corrected chi connectivity index (χ2v) is 16.0. The standard InChI is InChI=1S/C34H40INO7S/c1-7-42-28-16-21(15-23(35)32(28)43-44(39,40)22-11-9-8-10-12-22)29-30-24(17-33(2,3)19-26(30)37)36(13-14-41-6)25-18-34(4,5)20-27(38)31(25)29/h8-12,15-16,29H,7,13-14,17-20H2,1-6H3. The van der Waals surface area contributed by atoms with Gasteiger partial charge in [-0.25, -0.2) is 0 Å². The lowest BCUT2D eigenvalue weighted by atomic mass is 9.63. The first-order chi connectivity index (χ1) is 20.7. The van der Waals surface area contributed by atoms with Crippen LogP contribution < -0.4 is 8.92 Å². The third-order valence-corrected chi connectivity index (χ3v) is 10.5. The Morgan fingerprint density at radius 2 is 1.48 bits per heavy atom. The Morgan fingerprint density at radius 1 is 0.909 bits per heavy atom. The Labute approximate surface area is 274 Å². The Bertz CT molecular complexity index is 1600. The number of hydrogen-bond donors (Lipinski definition) is 0. The molecule has 2 aliphatic carbocycles. The number of hydrogen-bond acceptors (Lipinski definition) is 8. The number of benzene rings is 2. The van der Waals surface area contributed by atoms with E-state index in [4.69, 9.17) is 13.7 Å². The Morgan fingerprint density at radius 3 is 2.00 bits per heavy atom. The third-order valence-electron chi connectivity index (χ3n) is 8.43. The molecule has 0 saturated carbocycles. The van der Waals surface area contributed by atoms with Crippen LogP contribution in [0, 0.1) is 14.4 Å². The highest BCUT2D eigenvalue weighted by Crippen LogP contribution is 2.55. The monoisotopic (exact) mass is 733 g/mol.